The summed E-state index contributed by atoms with van der Waals surface area (Å²) in [5, 5.41) is 0. The average Bonchev–Trinajstić information content (AvgIpc) is 3.84. The molecule has 0 aromatic heterocycles. The Labute approximate surface area is 310 Å². The Bertz CT molecular complexity index is 1840. The Morgan fingerprint density at radius 2 is 0.712 bits per heavy atom. The largest absolute Gasteiger partial charge is 0.344 e. The minimum Gasteiger partial charge on any atom is -0.344 e. The number of rotatable bonds is 8. The molecule has 0 N–H and O–H groups in total. The molecule has 0 saturated heterocycles. The van der Waals surface area contributed by atoms with Crippen LogP contribution in [0.5, 0.6) is 0 Å². The smallest absolute Gasteiger partial charge is 0.132 e. The first-order valence-corrected chi connectivity index (χ1v) is 19.9. The van der Waals surface area contributed by atoms with Gasteiger partial charge >= 0.3 is 0 Å². The quantitative estimate of drug-likeness (QED) is 0.163. The first kappa shape index (κ1) is 32.9. The highest BCUT2D eigenvalue weighted by atomic mass is 15.3. The van der Waals surface area contributed by atoms with Crippen LogP contribution in [0.25, 0.3) is 0 Å². The molecule has 2 heterocycles. The molecule has 5 aromatic rings. The number of amidine groups is 2. The zero-order valence-corrected chi connectivity index (χ0v) is 30.2. The second-order valence-corrected chi connectivity index (χ2v) is 15.3. The summed E-state index contributed by atoms with van der Waals surface area (Å²) < 4.78 is 0. The molecule has 2 fully saturated rings. The van der Waals surface area contributed by atoms with E-state index in [4.69, 9.17) is 9.98 Å². The summed E-state index contributed by atoms with van der Waals surface area (Å²) >= 11 is 0. The Kier molecular flexibility index (Phi) is 9.46. The van der Waals surface area contributed by atoms with Gasteiger partial charge in [0.2, 0.25) is 0 Å². The van der Waals surface area contributed by atoms with Crippen LogP contribution < -0.4 is 0 Å². The number of nitrogens with zero attached hydrogens (tertiary/aromatic N) is 4. The van der Waals surface area contributed by atoms with E-state index in [0.717, 1.165) is 11.7 Å². The van der Waals surface area contributed by atoms with Crippen LogP contribution in [0, 0.1) is 0 Å². The molecule has 5 aromatic carbocycles. The molecule has 2 aliphatic carbocycles. The third-order valence-corrected chi connectivity index (χ3v) is 12.1. The van der Waals surface area contributed by atoms with Gasteiger partial charge in [-0.3, -0.25) is 9.98 Å². The van der Waals surface area contributed by atoms with Crippen LogP contribution in [0.3, 0.4) is 0 Å². The van der Waals surface area contributed by atoms with E-state index in [9.17, 15) is 0 Å². The fourth-order valence-corrected chi connectivity index (χ4v) is 9.67. The number of aliphatic imine (C=N–C) groups is 2. The van der Waals surface area contributed by atoms with Crippen LogP contribution in [0.2, 0.25) is 0 Å². The monoisotopic (exact) mass is 682 g/mol. The maximum Gasteiger partial charge on any atom is 0.132 e. The molecular formula is C48H50N4. The van der Waals surface area contributed by atoms with Crippen LogP contribution in [-0.2, 0) is 0 Å². The molecule has 2 aliphatic heterocycles. The van der Waals surface area contributed by atoms with Gasteiger partial charge in [0.15, 0.2) is 0 Å². The zero-order valence-electron chi connectivity index (χ0n) is 30.2. The van der Waals surface area contributed by atoms with E-state index in [0.29, 0.717) is 12.1 Å². The highest BCUT2D eigenvalue weighted by Gasteiger charge is 2.44. The maximum absolute atomic E-state index is 5.73. The van der Waals surface area contributed by atoms with E-state index in [1.54, 1.807) is 0 Å². The summed E-state index contributed by atoms with van der Waals surface area (Å²) in [5.74, 6) is 2.27. The molecule has 4 atom stereocenters. The molecule has 0 unspecified atom stereocenters. The molecule has 2 saturated carbocycles. The van der Waals surface area contributed by atoms with E-state index in [1.165, 1.54) is 97.6 Å². The lowest BCUT2D eigenvalue weighted by Crippen LogP contribution is -2.43. The van der Waals surface area contributed by atoms with Crippen molar-refractivity contribution < 1.29 is 0 Å². The van der Waals surface area contributed by atoms with E-state index in [1.807, 2.05) is 0 Å². The van der Waals surface area contributed by atoms with Gasteiger partial charge in [0.1, 0.15) is 23.8 Å². The van der Waals surface area contributed by atoms with Gasteiger partial charge in [-0.05, 0) is 54.0 Å². The molecule has 0 bridgehead atoms. The van der Waals surface area contributed by atoms with Crippen molar-refractivity contribution in [2.45, 2.75) is 100 Å². The predicted molar refractivity (Wildman–Crippen MR) is 214 cm³/mol. The highest BCUT2D eigenvalue weighted by molar-refractivity contribution is 6.05. The summed E-state index contributed by atoms with van der Waals surface area (Å²) in [6.45, 7) is 0. The van der Waals surface area contributed by atoms with Crippen LogP contribution >= 0.6 is 0 Å². The molecule has 0 spiro atoms. The fourth-order valence-electron chi connectivity index (χ4n) is 9.67. The third kappa shape index (κ3) is 6.38. The average molecular weight is 683 g/mol. The van der Waals surface area contributed by atoms with Gasteiger partial charge in [-0.2, -0.15) is 0 Å². The van der Waals surface area contributed by atoms with Crippen molar-refractivity contribution >= 4 is 11.7 Å². The normalized spacial score (nSPS) is 24.2. The van der Waals surface area contributed by atoms with Crippen molar-refractivity contribution in [3.8, 4) is 0 Å². The van der Waals surface area contributed by atoms with Gasteiger partial charge in [0.05, 0.1) is 12.1 Å². The molecule has 4 heteroatoms. The van der Waals surface area contributed by atoms with Crippen molar-refractivity contribution in [3.05, 3.63) is 179 Å². The Morgan fingerprint density at radius 3 is 1.08 bits per heavy atom. The summed E-state index contributed by atoms with van der Waals surface area (Å²) in [7, 11) is 0. The lowest BCUT2D eigenvalue weighted by atomic mass is 9.88. The van der Waals surface area contributed by atoms with Crippen LogP contribution in [-0.4, -0.2) is 33.6 Å². The summed E-state index contributed by atoms with van der Waals surface area (Å²) in [6.07, 6.45) is 12.6. The molecular weight excluding hydrogens is 633 g/mol. The summed E-state index contributed by atoms with van der Waals surface area (Å²) in [6, 6.07) is 54.9. The fraction of sp³-hybridized carbons (Fsp3) is 0.333. The van der Waals surface area contributed by atoms with Crippen LogP contribution in [0.4, 0.5) is 0 Å². The van der Waals surface area contributed by atoms with Crippen LogP contribution in [0.1, 0.15) is 122 Å². The molecule has 0 radical (unpaired) electrons. The SMILES string of the molecule is c1ccc([C@@H]2N=C(c3cccc(C4=N[C@@H](c5ccccc5)[C@H](c5ccccc5)N4C4CCCCC4)c3)N(C3CCCCC3)[C@H]2c2ccccc2)cc1. The zero-order chi connectivity index (χ0) is 34.7. The lowest BCUT2D eigenvalue weighted by molar-refractivity contribution is 0.191. The van der Waals surface area contributed by atoms with Crippen molar-refractivity contribution in [1.29, 1.82) is 0 Å². The predicted octanol–water partition coefficient (Wildman–Crippen LogP) is 11.4. The van der Waals surface area contributed by atoms with Crippen LogP contribution in [0.15, 0.2) is 156 Å². The van der Waals surface area contributed by atoms with Gasteiger partial charge < -0.3 is 9.80 Å². The second kappa shape index (κ2) is 14.9. The third-order valence-electron chi connectivity index (χ3n) is 12.1. The minimum absolute atomic E-state index is 0.0247. The van der Waals surface area contributed by atoms with Gasteiger partial charge in [-0.1, -0.05) is 178 Å². The van der Waals surface area contributed by atoms with Crippen molar-refractivity contribution in [2.24, 2.45) is 9.98 Å². The molecule has 262 valence electrons. The van der Waals surface area contributed by atoms with Gasteiger partial charge in [0, 0.05) is 23.2 Å². The first-order chi connectivity index (χ1) is 25.8. The first-order valence-electron chi connectivity index (χ1n) is 19.9. The Morgan fingerprint density at radius 1 is 0.365 bits per heavy atom. The summed E-state index contributed by atoms with van der Waals surface area (Å²) in [4.78, 5) is 16.9. The van der Waals surface area contributed by atoms with Crippen molar-refractivity contribution in [1.82, 2.24) is 9.80 Å². The van der Waals surface area contributed by atoms with E-state index in [2.05, 4.69) is 155 Å². The molecule has 52 heavy (non-hydrogen) atoms. The number of hydrogen-bond acceptors (Lipinski definition) is 4. The molecule has 0 amide bonds. The molecule has 4 aliphatic rings. The highest BCUT2D eigenvalue weighted by Crippen LogP contribution is 2.48. The minimum atomic E-state index is 0.0247. The van der Waals surface area contributed by atoms with Crippen molar-refractivity contribution in [3.63, 3.8) is 0 Å². The molecule has 9 rings (SSSR count). The summed E-state index contributed by atoms with van der Waals surface area (Å²) in [5.41, 5.74) is 7.65. The number of hydrogen-bond donors (Lipinski definition) is 0. The van der Waals surface area contributed by atoms with E-state index < -0.39 is 0 Å². The van der Waals surface area contributed by atoms with Gasteiger partial charge in [-0.15, -0.1) is 0 Å². The van der Waals surface area contributed by atoms with Gasteiger partial charge in [-0.25, -0.2) is 0 Å². The second-order valence-electron chi connectivity index (χ2n) is 15.3. The Balaban J connectivity index is 1.18. The Hall–Kier alpha value is -4.96. The van der Waals surface area contributed by atoms with E-state index in [-0.39, 0.29) is 24.2 Å². The van der Waals surface area contributed by atoms with Gasteiger partial charge in [0.25, 0.3) is 0 Å². The van der Waals surface area contributed by atoms with Crippen molar-refractivity contribution in [2.75, 3.05) is 0 Å². The van der Waals surface area contributed by atoms with E-state index >= 15 is 0 Å². The topological polar surface area (TPSA) is 31.2 Å². The molecule has 4 nitrogen and oxygen atoms in total. The standard InChI is InChI=1S/C48H50N4/c1-7-20-35(21-8-1)43-45(37-24-11-3-12-25-37)51(41-30-15-5-16-31-41)47(49-43)39-28-19-29-40(34-39)48-50-44(36-22-9-2-10-23-36)46(38-26-13-4-14-27-38)52(48)42-32-17-6-18-33-42/h1-4,7-14,19-29,34,41-46H,5-6,15-18,30-33H2/t43-,44-,45-,46-/m0/s1. The number of benzene rings is 5. The maximum atomic E-state index is 5.73. The lowest BCUT2D eigenvalue weighted by Gasteiger charge is -2.40.